The van der Waals surface area contributed by atoms with Crippen LogP contribution in [0.3, 0.4) is 0 Å². The summed E-state index contributed by atoms with van der Waals surface area (Å²) < 4.78 is 4.59. The molecule has 0 spiro atoms. The van der Waals surface area contributed by atoms with Gasteiger partial charge in [-0.25, -0.2) is 0 Å². The Balaban J connectivity index is 3.30. The minimum atomic E-state index is -0.106. The summed E-state index contributed by atoms with van der Waals surface area (Å²) in [7, 11) is 1.49. The fourth-order valence-electron chi connectivity index (χ4n) is 0.432. The third kappa shape index (κ3) is 5.31. The molecule has 3 nitrogen and oxygen atoms in total. The van der Waals surface area contributed by atoms with Crippen LogP contribution in [0, 0.1) is 0 Å². The predicted octanol–water partition coefficient (Wildman–Crippen LogP) is 0.325. The van der Waals surface area contributed by atoms with Gasteiger partial charge in [-0.05, 0) is 6.92 Å². The lowest BCUT2D eigenvalue weighted by molar-refractivity contribution is -0.124. The summed E-state index contributed by atoms with van der Waals surface area (Å²) in [4.78, 5) is 10.7. The van der Waals surface area contributed by atoms with E-state index in [0.29, 0.717) is 6.54 Å². The highest BCUT2D eigenvalue weighted by Crippen LogP contribution is 1.80. The van der Waals surface area contributed by atoms with Crippen molar-refractivity contribution in [3.63, 3.8) is 0 Å². The van der Waals surface area contributed by atoms with Gasteiger partial charge in [0.25, 0.3) is 0 Å². The molecule has 0 heterocycles. The fraction of sp³-hybridized carbons (Fsp3) is 0.571. The number of ether oxygens (including phenoxy) is 1. The van der Waals surface area contributed by atoms with Crippen LogP contribution in [0.15, 0.2) is 12.2 Å². The van der Waals surface area contributed by atoms with Gasteiger partial charge in [0, 0.05) is 13.7 Å². The van der Waals surface area contributed by atoms with E-state index in [1.165, 1.54) is 7.11 Å². The van der Waals surface area contributed by atoms with E-state index in [1.54, 1.807) is 0 Å². The van der Waals surface area contributed by atoms with E-state index in [2.05, 4.69) is 16.6 Å². The van der Waals surface area contributed by atoms with Crippen molar-refractivity contribution in [1.29, 1.82) is 0 Å². The lowest BCUT2D eigenvalue weighted by Crippen LogP contribution is -2.28. The highest BCUT2D eigenvalue weighted by molar-refractivity contribution is 5.77. The van der Waals surface area contributed by atoms with Crippen LogP contribution >= 0.6 is 0 Å². The number of methoxy groups -OCH3 is 1. The second-order valence-electron chi connectivity index (χ2n) is 2.17. The van der Waals surface area contributed by atoms with Crippen molar-refractivity contribution in [2.75, 3.05) is 20.3 Å². The molecule has 0 atom stereocenters. The molecule has 0 rings (SSSR count). The number of carbonyl (C=O) groups is 1. The summed E-state index contributed by atoms with van der Waals surface area (Å²) in [6.45, 7) is 6.13. The molecule has 0 unspecified atom stereocenters. The Hall–Kier alpha value is -0.830. The minimum absolute atomic E-state index is 0.106. The second kappa shape index (κ2) is 4.99. The first-order valence-corrected chi connectivity index (χ1v) is 3.07. The molecule has 0 aliphatic heterocycles. The van der Waals surface area contributed by atoms with Crippen molar-refractivity contribution in [2.24, 2.45) is 0 Å². The van der Waals surface area contributed by atoms with E-state index in [4.69, 9.17) is 0 Å². The highest BCUT2D eigenvalue weighted by atomic mass is 16.5. The third-order valence-corrected chi connectivity index (χ3v) is 0.863. The van der Waals surface area contributed by atoms with Crippen LogP contribution in [0.2, 0.25) is 0 Å². The van der Waals surface area contributed by atoms with Gasteiger partial charge in [-0.3, -0.25) is 4.79 Å². The zero-order chi connectivity index (χ0) is 7.98. The summed E-state index contributed by atoms with van der Waals surface area (Å²) in [6.07, 6.45) is 0. The molecule has 0 fully saturated rings. The molecular weight excluding hydrogens is 130 g/mol. The molecule has 0 aromatic carbocycles. The molecule has 3 heteroatoms. The smallest absolute Gasteiger partial charge is 0.246 e. The van der Waals surface area contributed by atoms with E-state index >= 15 is 0 Å². The van der Waals surface area contributed by atoms with Gasteiger partial charge in [-0.1, -0.05) is 12.2 Å². The maximum absolute atomic E-state index is 10.7. The molecule has 58 valence electrons. The van der Waals surface area contributed by atoms with Crippen LogP contribution in [0.1, 0.15) is 6.92 Å². The van der Waals surface area contributed by atoms with Crippen molar-refractivity contribution < 1.29 is 9.53 Å². The SMILES string of the molecule is C=C(C)CNC(=O)COC. The quantitative estimate of drug-likeness (QED) is 0.576. The summed E-state index contributed by atoms with van der Waals surface area (Å²) in [5.41, 5.74) is 0.935. The maximum Gasteiger partial charge on any atom is 0.246 e. The van der Waals surface area contributed by atoms with Crippen molar-refractivity contribution >= 4 is 5.91 Å². The monoisotopic (exact) mass is 143 g/mol. The Morgan fingerprint density at radius 1 is 1.70 bits per heavy atom. The number of hydrogen-bond acceptors (Lipinski definition) is 2. The minimum Gasteiger partial charge on any atom is -0.375 e. The molecular formula is C7H13NO2. The molecule has 0 bridgehead atoms. The Bertz CT molecular complexity index is 132. The Morgan fingerprint density at radius 2 is 2.30 bits per heavy atom. The summed E-state index contributed by atoms with van der Waals surface area (Å²) in [6, 6.07) is 0. The third-order valence-electron chi connectivity index (χ3n) is 0.863. The van der Waals surface area contributed by atoms with Crippen LogP contribution in [-0.4, -0.2) is 26.2 Å². The molecule has 0 saturated carbocycles. The topological polar surface area (TPSA) is 38.3 Å². The molecule has 0 aromatic heterocycles. The van der Waals surface area contributed by atoms with Crippen molar-refractivity contribution in [3.05, 3.63) is 12.2 Å². The van der Waals surface area contributed by atoms with Gasteiger partial charge in [-0.15, -0.1) is 0 Å². The standard InChI is InChI=1S/C7H13NO2/c1-6(2)4-8-7(9)5-10-3/h1,4-5H2,2-3H3,(H,8,9). The van der Waals surface area contributed by atoms with E-state index in [0.717, 1.165) is 5.57 Å². The molecule has 0 aliphatic carbocycles. The summed E-state index contributed by atoms with van der Waals surface area (Å²) in [5, 5.41) is 2.62. The number of rotatable bonds is 4. The predicted molar refractivity (Wildman–Crippen MR) is 39.7 cm³/mol. The molecule has 1 amide bonds. The van der Waals surface area contributed by atoms with Gasteiger partial charge < -0.3 is 10.1 Å². The Kier molecular flexibility index (Phi) is 4.58. The number of nitrogens with one attached hydrogen (secondary N) is 1. The number of amides is 1. The lowest BCUT2D eigenvalue weighted by Gasteiger charge is -2.01. The number of carbonyl (C=O) groups excluding carboxylic acids is 1. The van der Waals surface area contributed by atoms with Gasteiger partial charge in [0.05, 0.1) is 0 Å². The average Bonchev–Trinajstić information content (AvgIpc) is 1.85. The van der Waals surface area contributed by atoms with Crippen molar-refractivity contribution in [3.8, 4) is 0 Å². The van der Waals surface area contributed by atoms with Crippen molar-refractivity contribution in [1.82, 2.24) is 5.32 Å². The first-order valence-electron chi connectivity index (χ1n) is 3.07. The zero-order valence-electron chi connectivity index (χ0n) is 6.44. The van der Waals surface area contributed by atoms with E-state index in [-0.39, 0.29) is 12.5 Å². The Morgan fingerprint density at radius 3 is 2.70 bits per heavy atom. The van der Waals surface area contributed by atoms with Gasteiger partial charge >= 0.3 is 0 Å². The molecule has 0 saturated heterocycles. The van der Waals surface area contributed by atoms with Gasteiger partial charge in [-0.2, -0.15) is 0 Å². The summed E-state index contributed by atoms with van der Waals surface area (Å²) >= 11 is 0. The summed E-state index contributed by atoms with van der Waals surface area (Å²) in [5.74, 6) is -0.106. The van der Waals surface area contributed by atoms with E-state index in [9.17, 15) is 4.79 Å². The van der Waals surface area contributed by atoms with Gasteiger partial charge in [0.2, 0.25) is 5.91 Å². The highest BCUT2D eigenvalue weighted by Gasteiger charge is 1.96. The van der Waals surface area contributed by atoms with Crippen LogP contribution in [0.5, 0.6) is 0 Å². The molecule has 1 N–H and O–H groups in total. The van der Waals surface area contributed by atoms with Gasteiger partial charge in [0.1, 0.15) is 6.61 Å². The first kappa shape index (κ1) is 9.17. The Labute approximate surface area is 61.1 Å². The maximum atomic E-state index is 10.7. The molecule has 0 aliphatic rings. The van der Waals surface area contributed by atoms with Crippen LogP contribution in [0.25, 0.3) is 0 Å². The largest absolute Gasteiger partial charge is 0.375 e. The number of hydrogen-bond donors (Lipinski definition) is 1. The average molecular weight is 143 g/mol. The normalized spacial score (nSPS) is 9.00. The van der Waals surface area contributed by atoms with Crippen molar-refractivity contribution in [2.45, 2.75) is 6.92 Å². The molecule has 0 radical (unpaired) electrons. The van der Waals surface area contributed by atoms with Crippen LogP contribution in [0.4, 0.5) is 0 Å². The molecule has 0 aromatic rings. The van der Waals surface area contributed by atoms with E-state index < -0.39 is 0 Å². The van der Waals surface area contributed by atoms with Crippen LogP contribution in [-0.2, 0) is 9.53 Å². The fourth-order valence-corrected chi connectivity index (χ4v) is 0.432. The first-order chi connectivity index (χ1) is 4.66. The molecule has 10 heavy (non-hydrogen) atoms. The zero-order valence-corrected chi connectivity index (χ0v) is 6.44. The van der Waals surface area contributed by atoms with Gasteiger partial charge in [0.15, 0.2) is 0 Å². The lowest BCUT2D eigenvalue weighted by atomic mass is 10.3. The van der Waals surface area contributed by atoms with Crippen LogP contribution < -0.4 is 5.32 Å². The van der Waals surface area contributed by atoms with E-state index in [1.807, 2.05) is 6.92 Å². The second-order valence-corrected chi connectivity index (χ2v) is 2.17.